The van der Waals surface area contributed by atoms with Crippen LogP contribution in [0.5, 0.6) is 0 Å². The zero-order valence-corrected chi connectivity index (χ0v) is 31.3. The largest absolute Gasteiger partial charge is 0.478 e. The molecular formula is C36H58O20. The highest BCUT2D eigenvalue weighted by Gasteiger charge is 2.15. The number of aliphatic hydroxyl groups excluding tert-OH is 8. The van der Waals surface area contributed by atoms with Gasteiger partial charge in [-0.2, -0.15) is 0 Å². The summed E-state index contributed by atoms with van der Waals surface area (Å²) in [6.07, 6.45) is -0.909. The molecule has 0 spiro atoms. The van der Waals surface area contributed by atoms with Gasteiger partial charge in [0, 0.05) is 77.8 Å². The molecular weight excluding hydrogens is 752 g/mol. The van der Waals surface area contributed by atoms with Gasteiger partial charge in [0.2, 0.25) is 25.2 Å². The van der Waals surface area contributed by atoms with Crippen LogP contribution in [0.15, 0.2) is 24.3 Å². The normalized spacial score (nSPS) is 12.6. The molecule has 4 atom stereocenters. The van der Waals surface area contributed by atoms with Crippen molar-refractivity contribution in [2.24, 2.45) is 0 Å². The van der Waals surface area contributed by atoms with Gasteiger partial charge in [-0.15, -0.1) is 0 Å². The fourth-order valence-electron chi connectivity index (χ4n) is 3.97. The average Bonchev–Trinajstić information content (AvgIpc) is 3.15. The number of hydrogen-bond donors (Lipinski definition) is 10. The maximum atomic E-state index is 11.3. The van der Waals surface area contributed by atoms with Crippen molar-refractivity contribution in [2.75, 3.05) is 26.4 Å². The Morgan fingerprint density at radius 2 is 0.589 bits per heavy atom. The highest BCUT2D eigenvalue weighted by molar-refractivity contribution is 5.91. The number of rotatable bonds is 28. The molecule has 0 amide bonds. The van der Waals surface area contributed by atoms with Gasteiger partial charge in [-0.1, -0.05) is 0 Å². The van der Waals surface area contributed by atoms with Gasteiger partial charge in [0.25, 0.3) is 0 Å². The lowest BCUT2D eigenvalue weighted by molar-refractivity contribution is -0.171. The van der Waals surface area contributed by atoms with Gasteiger partial charge in [0.15, 0.2) is 0 Å². The zero-order chi connectivity index (χ0) is 42.7. The first-order valence-electron chi connectivity index (χ1n) is 18.1. The fourth-order valence-corrected chi connectivity index (χ4v) is 3.97. The Morgan fingerprint density at radius 1 is 0.393 bits per heavy atom. The number of unbranched alkanes of at least 4 members (excludes halogenated alkanes) is 2. The number of carboxylic acid groups (broad SMARTS) is 2. The van der Waals surface area contributed by atoms with Crippen molar-refractivity contribution in [3.63, 3.8) is 0 Å². The molecule has 4 unspecified atom stereocenters. The third kappa shape index (κ3) is 33.1. The molecule has 0 saturated carbocycles. The van der Waals surface area contributed by atoms with Crippen molar-refractivity contribution in [3.8, 4) is 0 Å². The molecule has 1 rings (SSSR count). The van der Waals surface area contributed by atoms with Crippen molar-refractivity contribution in [1.82, 2.24) is 0 Å². The summed E-state index contributed by atoms with van der Waals surface area (Å²) < 4.78 is 18.8. The standard InChI is InChI=1S/2C14H26O8.C8H6O4/c2*15-9-3-7-13(19)21-11(17)5-1-2-6-12(18)22-14(20)8-4-10-16;9-7(10)5-1-2-6(4-3-5)8(11)12/h2*13-16,19-20H,1-10H2;1-4H,(H,9,10)(H,11,12). The van der Waals surface area contributed by atoms with Crippen molar-refractivity contribution in [1.29, 1.82) is 0 Å². The van der Waals surface area contributed by atoms with Crippen LogP contribution in [0.3, 0.4) is 0 Å². The van der Waals surface area contributed by atoms with E-state index in [1.54, 1.807) is 0 Å². The lowest BCUT2D eigenvalue weighted by Gasteiger charge is -2.12. The minimum Gasteiger partial charge on any atom is -0.478 e. The molecule has 0 saturated heterocycles. The fraction of sp³-hybridized carbons (Fsp3) is 0.667. The third-order valence-electron chi connectivity index (χ3n) is 6.91. The van der Waals surface area contributed by atoms with Crippen LogP contribution in [0.4, 0.5) is 0 Å². The number of hydrogen-bond acceptors (Lipinski definition) is 18. The second-order valence-corrected chi connectivity index (χ2v) is 11.8. The van der Waals surface area contributed by atoms with Crippen LogP contribution in [0.2, 0.25) is 0 Å². The Labute approximate surface area is 324 Å². The van der Waals surface area contributed by atoms with E-state index in [9.17, 15) is 49.2 Å². The Morgan fingerprint density at radius 3 is 0.750 bits per heavy atom. The molecule has 1 aromatic carbocycles. The molecule has 0 bridgehead atoms. The summed E-state index contributed by atoms with van der Waals surface area (Å²) in [5, 5.41) is 88.3. The van der Waals surface area contributed by atoms with E-state index >= 15 is 0 Å². The molecule has 0 heterocycles. The van der Waals surface area contributed by atoms with Crippen LogP contribution < -0.4 is 0 Å². The van der Waals surface area contributed by atoms with Gasteiger partial charge >= 0.3 is 35.8 Å². The predicted molar refractivity (Wildman–Crippen MR) is 191 cm³/mol. The average molecular weight is 811 g/mol. The summed E-state index contributed by atoms with van der Waals surface area (Å²) in [6, 6.07) is 5.02. The summed E-state index contributed by atoms with van der Waals surface area (Å²) in [5.74, 6) is -4.40. The topological polar surface area (TPSA) is 342 Å². The summed E-state index contributed by atoms with van der Waals surface area (Å²) in [5.41, 5.74) is 0.167. The predicted octanol–water partition coefficient (Wildman–Crippen LogP) is 0.713. The molecule has 0 fully saturated rings. The maximum Gasteiger partial charge on any atom is 0.335 e. The molecule has 0 radical (unpaired) electrons. The molecule has 10 N–H and O–H groups in total. The number of aromatic carboxylic acids is 2. The molecule has 322 valence electrons. The number of esters is 4. The molecule has 0 aliphatic heterocycles. The Hall–Kier alpha value is -4.28. The number of carbonyl (C=O) groups excluding carboxylic acids is 4. The molecule has 56 heavy (non-hydrogen) atoms. The molecule has 0 aromatic heterocycles. The summed E-state index contributed by atoms with van der Waals surface area (Å²) in [4.78, 5) is 66.0. The van der Waals surface area contributed by atoms with Crippen LogP contribution in [-0.4, -0.2) is 138 Å². The van der Waals surface area contributed by atoms with E-state index in [4.69, 9.17) is 49.6 Å². The van der Waals surface area contributed by atoms with Gasteiger partial charge in [-0.25, -0.2) is 9.59 Å². The van der Waals surface area contributed by atoms with Crippen LogP contribution in [0.25, 0.3) is 0 Å². The van der Waals surface area contributed by atoms with Gasteiger partial charge in [0.1, 0.15) is 0 Å². The number of aliphatic hydroxyl groups is 8. The monoisotopic (exact) mass is 810 g/mol. The molecule has 20 nitrogen and oxygen atoms in total. The van der Waals surface area contributed by atoms with Crippen molar-refractivity contribution in [2.45, 2.75) is 128 Å². The maximum absolute atomic E-state index is 11.3. The van der Waals surface area contributed by atoms with E-state index in [1.165, 1.54) is 24.3 Å². The third-order valence-corrected chi connectivity index (χ3v) is 6.91. The summed E-state index contributed by atoms with van der Waals surface area (Å²) >= 11 is 0. The van der Waals surface area contributed by atoms with Crippen molar-refractivity contribution < 1.29 is 98.8 Å². The lowest BCUT2D eigenvalue weighted by Crippen LogP contribution is -2.19. The van der Waals surface area contributed by atoms with Gasteiger partial charge in [0.05, 0.1) is 11.1 Å². The molecule has 1 aromatic rings. The zero-order valence-electron chi connectivity index (χ0n) is 31.3. The highest BCUT2D eigenvalue weighted by Crippen LogP contribution is 2.10. The van der Waals surface area contributed by atoms with Crippen LogP contribution in [-0.2, 0) is 38.1 Å². The van der Waals surface area contributed by atoms with Crippen molar-refractivity contribution >= 4 is 35.8 Å². The summed E-state index contributed by atoms with van der Waals surface area (Å²) in [7, 11) is 0. The Balaban J connectivity index is 0. The van der Waals surface area contributed by atoms with Gasteiger partial charge < -0.3 is 70.0 Å². The molecule has 0 aliphatic rings. The first-order valence-corrected chi connectivity index (χ1v) is 18.1. The minimum atomic E-state index is -1.22. The van der Waals surface area contributed by atoms with Crippen LogP contribution >= 0.6 is 0 Å². The Kier molecular flexibility index (Phi) is 33.8. The van der Waals surface area contributed by atoms with E-state index in [0.29, 0.717) is 51.4 Å². The molecule has 20 heteroatoms. The van der Waals surface area contributed by atoms with Gasteiger partial charge in [-0.3, -0.25) is 19.2 Å². The number of ether oxygens (including phenoxy) is 4. The second kappa shape index (κ2) is 35.2. The van der Waals surface area contributed by atoms with E-state index in [1.807, 2.05) is 0 Å². The smallest absolute Gasteiger partial charge is 0.335 e. The Bertz CT molecular complexity index is 1070. The quantitative estimate of drug-likeness (QED) is 0.0241. The lowest BCUT2D eigenvalue weighted by atomic mass is 10.1. The van der Waals surface area contributed by atoms with Crippen LogP contribution in [0, 0.1) is 0 Å². The first kappa shape index (κ1) is 53.8. The van der Waals surface area contributed by atoms with Crippen LogP contribution in [0.1, 0.15) is 123 Å². The SMILES string of the molecule is O=C(CCCCC(=O)OC(O)CCCO)OC(O)CCCO.O=C(CCCCC(=O)OC(O)CCCO)OC(O)CCCO.O=C(O)c1ccc(C(=O)O)cc1. The second-order valence-electron chi connectivity index (χ2n) is 11.8. The van der Waals surface area contributed by atoms with E-state index in [0.717, 1.165) is 0 Å². The highest BCUT2D eigenvalue weighted by atomic mass is 16.6. The molecule has 0 aliphatic carbocycles. The number of benzene rings is 1. The minimum absolute atomic E-state index is 0.0660. The van der Waals surface area contributed by atoms with E-state index in [2.05, 4.69) is 0 Å². The van der Waals surface area contributed by atoms with E-state index < -0.39 is 61.0 Å². The number of carbonyl (C=O) groups is 6. The van der Waals surface area contributed by atoms with Gasteiger partial charge in [-0.05, 0) is 75.6 Å². The summed E-state index contributed by atoms with van der Waals surface area (Å²) in [6.45, 7) is -0.330. The first-order chi connectivity index (χ1) is 26.6. The van der Waals surface area contributed by atoms with E-state index in [-0.39, 0.29) is 88.9 Å². The number of carboxylic acids is 2. The van der Waals surface area contributed by atoms with Crippen molar-refractivity contribution in [3.05, 3.63) is 35.4 Å².